The Bertz CT molecular complexity index is 760. The molecule has 0 unspecified atom stereocenters. The summed E-state index contributed by atoms with van der Waals surface area (Å²) in [6.07, 6.45) is 3.28. The Morgan fingerprint density at radius 2 is 2.19 bits per heavy atom. The monoisotopic (exact) mass is 284 g/mol. The van der Waals surface area contributed by atoms with Crippen LogP contribution in [0.15, 0.2) is 29.2 Å². The molecule has 0 saturated heterocycles. The maximum absolute atomic E-state index is 12.6. The molecule has 2 aromatic rings. The van der Waals surface area contributed by atoms with Gasteiger partial charge in [-0.15, -0.1) is 0 Å². The molecule has 2 aromatic heterocycles. The van der Waals surface area contributed by atoms with Crippen LogP contribution in [0.25, 0.3) is 11.1 Å². The number of ether oxygens (including phenoxy) is 1. The van der Waals surface area contributed by atoms with E-state index in [4.69, 9.17) is 4.74 Å². The molecule has 0 N–H and O–H groups in total. The normalized spacial score (nSPS) is 13.0. The van der Waals surface area contributed by atoms with Crippen LogP contribution < -0.4 is 10.3 Å². The summed E-state index contributed by atoms with van der Waals surface area (Å²) in [7, 11) is 1.54. The molecule has 0 aliphatic carbocycles. The number of fused-ring (bicyclic) bond motifs is 1. The average Bonchev–Trinajstić information content (AvgIpc) is 2.97. The maximum atomic E-state index is 12.6. The molecule has 1 aliphatic rings. The van der Waals surface area contributed by atoms with E-state index in [2.05, 4.69) is 4.98 Å². The van der Waals surface area contributed by atoms with Crippen LogP contribution in [0, 0.1) is 0 Å². The summed E-state index contributed by atoms with van der Waals surface area (Å²) in [6, 6.07) is 5.19. The SMILES string of the molecule is COc1ccc(-c2cc(C(C)=O)c3n(c2=O)CCC3)cn1. The van der Waals surface area contributed by atoms with Crippen molar-refractivity contribution in [3.63, 3.8) is 0 Å². The number of methoxy groups -OCH3 is 1. The Labute approximate surface area is 122 Å². The van der Waals surface area contributed by atoms with E-state index in [1.807, 2.05) is 0 Å². The van der Waals surface area contributed by atoms with Crippen molar-refractivity contribution in [1.29, 1.82) is 0 Å². The standard InChI is InChI=1S/C16H16N2O3/c1-10(19)12-8-13(11-5-6-15(21-2)17-9-11)16(20)18-7-3-4-14(12)18/h5-6,8-9H,3-4,7H2,1-2H3. The molecule has 1 aliphatic heterocycles. The van der Waals surface area contributed by atoms with E-state index in [0.29, 0.717) is 29.1 Å². The van der Waals surface area contributed by atoms with Gasteiger partial charge >= 0.3 is 0 Å². The predicted molar refractivity (Wildman–Crippen MR) is 78.8 cm³/mol. The number of pyridine rings is 2. The molecule has 3 heterocycles. The van der Waals surface area contributed by atoms with Crippen molar-refractivity contribution in [3.8, 4) is 17.0 Å². The van der Waals surface area contributed by atoms with Crippen LogP contribution in [0.3, 0.4) is 0 Å². The maximum Gasteiger partial charge on any atom is 0.258 e. The number of ketones is 1. The number of hydrogen-bond donors (Lipinski definition) is 0. The number of carbonyl (C=O) groups is 1. The van der Waals surface area contributed by atoms with Gasteiger partial charge in [0, 0.05) is 41.2 Å². The van der Waals surface area contributed by atoms with E-state index < -0.39 is 0 Å². The molecule has 0 spiro atoms. The van der Waals surface area contributed by atoms with E-state index >= 15 is 0 Å². The van der Waals surface area contributed by atoms with Gasteiger partial charge < -0.3 is 9.30 Å². The molecule has 0 bridgehead atoms. The molecule has 0 fully saturated rings. The second-order valence-electron chi connectivity index (χ2n) is 5.12. The van der Waals surface area contributed by atoms with Crippen LogP contribution in [0.5, 0.6) is 5.88 Å². The van der Waals surface area contributed by atoms with Crippen molar-refractivity contribution < 1.29 is 9.53 Å². The van der Waals surface area contributed by atoms with Crippen LogP contribution >= 0.6 is 0 Å². The van der Waals surface area contributed by atoms with Crippen molar-refractivity contribution in [1.82, 2.24) is 9.55 Å². The van der Waals surface area contributed by atoms with Crippen molar-refractivity contribution in [2.24, 2.45) is 0 Å². The largest absolute Gasteiger partial charge is 0.481 e. The number of hydrogen-bond acceptors (Lipinski definition) is 4. The van der Waals surface area contributed by atoms with E-state index in [1.165, 1.54) is 6.92 Å². The second kappa shape index (κ2) is 5.16. The van der Waals surface area contributed by atoms with Gasteiger partial charge in [-0.3, -0.25) is 9.59 Å². The van der Waals surface area contributed by atoms with Crippen LogP contribution in [0.2, 0.25) is 0 Å². The van der Waals surface area contributed by atoms with Gasteiger partial charge in [0.2, 0.25) is 5.88 Å². The summed E-state index contributed by atoms with van der Waals surface area (Å²) >= 11 is 0. The smallest absolute Gasteiger partial charge is 0.258 e. The van der Waals surface area contributed by atoms with Gasteiger partial charge in [-0.2, -0.15) is 0 Å². The van der Waals surface area contributed by atoms with E-state index in [0.717, 1.165) is 18.5 Å². The van der Waals surface area contributed by atoms with Crippen LogP contribution in [-0.2, 0) is 13.0 Å². The van der Waals surface area contributed by atoms with Gasteiger partial charge in [0.25, 0.3) is 5.56 Å². The lowest BCUT2D eigenvalue weighted by Gasteiger charge is -2.11. The Morgan fingerprint density at radius 3 is 2.81 bits per heavy atom. The first-order chi connectivity index (χ1) is 10.1. The molecular weight excluding hydrogens is 268 g/mol. The first-order valence-electron chi connectivity index (χ1n) is 6.90. The minimum absolute atomic E-state index is 0.0108. The van der Waals surface area contributed by atoms with Crippen LogP contribution in [0.1, 0.15) is 29.4 Å². The molecule has 0 radical (unpaired) electrons. The zero-order valence-corrected chi connectivity index (χ0v) is 12.0. The highest BCUT2D eigenvalue weighted by molar-refractivity contribution is 5.96. The summed E-state index contributed by atoms with van der Waals surface area (Å²) in [6.45, 7) is 2.21. The fraction of sp³-hybridized carbons (Fsp3) is 0.312. The second-order valence-corrected chi connectivity index (χ2v) is 5.12. The minimum Gasteiger partial charge on any atom is -0.481 e. The van der Waals surface area contributed by atoms with E-state index in [9.17, 15) is 9.59 Å². The molecule has 0 aromatic carbocycles. The van der Waals surface area contributed by atoms with Gasteiger partial charge in [-0.05, 0) is 31.9 Å². The Hall–Kier alpha value is -2.43. The van der Waals surface area contributed by atoms with Gasteiger partial charge in [0.1, 0.15) is 0 Å². The number of rotatable bonds is 3. The third kappa shape index (κ3) is 2.24. The lowest BCUT2D eigenvalue weighted by atomic mass is 10.0. The highest BCUT2D eigenvalue weighted by Gasteiger charge is 2.21. The van der Waals surface area contributed by atoms with Crippen molar-refractivity contribution in [2.45, 2.75) is 26.3 Å². The highest BCUT2D eigenvalue weighted by Crippen LogP contribution is 2.24. The van der Waals surface area contributed by atoms with E-state index in [-0.39, 0.29) is 11.3 Å². The fourth-order valence-electron chi connectivity index (χ4n) is 2.79. The van der Waals surface area contributed by atoms with Crippen molar-refractivity contribution in [2.75, 3.05) is 7.11 Å². The zero-order valence-electron chi connectivity index (χ0n) is 12.0. The first-order valence-corrected chi connectivity index (χ1v) is 6.90. The van der Waals surface area contributed by atoms with Gasteiger partial charge in [-0.25, -0.2) is 4.98 Å². The summed E-state index contributed by atoms with van der Waals surface area (Å²) in [5.41, 5.74) is 2.65. The molecule has 0 amide bonds. The third-order valence-corrected chi connectivity index (χ3v) is 3.83. The molecule has 3 rings (SSSR count). The van der Waals surface area contributed by atoms with Crippen LogP contribution in [-0.4, -0.2) is 22.4 Å². The minimum atomic E-state index is -0.0560. The Kier molecular flexibility index (Phi) is 3.33. The summed E-state index contributed by atoms with van der Waals surface area (Å²) < 4.78 is 6.74. The lowest BCUT2D eigenvalue weighted by Crippen LogP contribution is -2.23. The molecule has 5 nitrogen and oxygen atoms in total. The van der Waals surface area contributed by atoms with E-state index in [1.54, 1.807) is 36.1 Å². The topological polar surface area (TPSA) is 61.2 Å². The summed E-state index contributed by atoms with van der Waals surface area (Å²) in [5, 5.41) is 0. The number of aromatic nitrogens is 2. The van der Waals surface area contributed by atoms with Gasteiger partial charge in [0.15, 0.2) is 5.78 Å². The zero-order chi connectivity index (χ0) is 15.0. The predicted octanol–water partition coefficient (Wildman–Crippen LogP) is 2.07. The molecule has 0 saturated carbocycles. The highest BCUT2D eigenvalue weighted by atomic mass is 16.5. The fourth-order valence-corrected chi connectivity index (χ4v) is 2.79. The summed E-state index contributed by atoms with van der Waals surface area (Å²) in [4.78, 5) is 28.6. The molecule has 0 atom stereocenters. The number of Topliss-reactive ketones (excluding diaryl/α,β-unsaturated/α-hetero) is 1. The van der Waals surface area contributed by atoms with Gasteiger partial charge in [0.05, 0.1) is 7.11 Å². The molecule has 5 heteroatoms. The quantitative estimate of drug-likeness (QED) is 0.809. The first kappa shape index (κ1) is 13.5. The Morgan fingerprint density at radius 1 is 1.38 bits per heavy atom. The Balaban J connectivity index is 2.20. The summed E-state index contributed by atoms with van der Waals surface area (Å²) in [5.74, 6) is 0.482. The molecule has 21 heavy (non-hydrogen) atoms. The lowest BCUT2D eigenvalue weighted by molar-refractivity contribution is 0.101. The number of carbonyl (C=O) groups excluding carboxylic acids is 1. The molecular formula is C16H16N2O3. The number of nitrogens with zero attached hydrogens (tertiary/aromatic N) is 2. The average molecular weight is 284 g/mol. The van der Waals surface area contributed by atoms with Crippen molar-refractivity contribution >= 4 is 5.78 Å². The third-order valence-electron chi connectivity index (χ3n) is 3.83. The van der Waals surface area contributed by atoms with Crippen molar-refractivity contribution in [3.05, 3.63) is 46.0 Å². The molecule has 108 valence electrons. The van der Waals surface area contributed by atoms with Crippen LogP contribution in [0.4, 0.5) is 0 Å². The van der Waals surface area contributed by atoms with Gasteiger partial charge in [-0.1, -0.05) is 0 Å².